The van der Waals surface area contributed by atoms with Crippen molar-refractivity contribution < 1.29 is 9.59 Å². The number of fused-ring (bicyclic) bond motifs is 1. The fraction of sp³-hybridized carbons (Fsp3) is 0.364. The number of carbonyl (C=O) groups is 2. The van der Waals surface area contributed by atoms with Gasteiger partial charge in [-0.3, -0.25) is 9.59 Å². The maximum absolute atomic E-state index is 12.9. The molecule has 1 N–H and O–H groups in total. The number of hydrogen-bond donors (Lipinski definition) is 1. The van der Waals surface area contributed by atoms with Crippen molar-refractivity contribution in [3.05, 3.63) is 64.2 Å². The molecule has 2 aliphatic rings. The van der Waals surface area contributed by atoms with E-state index in [1.807, 2.05) is 31.2 Å². The smallest absolute Gasteiger partial charge is 0.227 e. The Bertz CT molecular complexity index is 896. The minimum atomic E-state index is -0.327. The van der Waals surface area contributed by atoms with Crippen molar-refractivity contribution in [1.82, 2.24) is 5.32 Å². The Morgan fingerprint density at radius 2 is 2.04 bits per heavy atom. The lowest BCUT2D eigenvalue weighted by atomic mass is 9.87. The van der Waals surface area contributed by atoms with Crippen LogP contribution in [0.15, 0.2) is 42.5 Å². The molecule has 1 fully saturated rings. The summed E-state index contributed by atoms with van der Waals surface area (Å²) in [6.07, 6.45) is 3.32. The van der Waals surface area contributed by atoms with Crippen LogP contribution in [0.4, 0.5) is 5.69 Å². The number of benzene rings is 2. The first-order valence-corrected chi connectivity index (χ1v) is 9.85. The standard InChI is InChI=1S/C22H23ClN2O2/c1-14-9-10-17(12-19(14)23)25-13-16(11-21(25)26)22(27)24-20-8-4-6-15-5-2-3-7-18(15)20/h2-3,5,7,9-10,12,16,20H,4,6,8,11,13H2,1H3,(H,24,27)/t16-,20-/m0/s1. The molecule has 4 nitrogen and oxygen atoms in total. The van der Waals surface area contributed by atoms with Crippen LogP contribution in [0.5, 0.6) is 0 Å². The van der Waals surface area contributed by atoms with Gasteiger partial charge in [-0.2, -0.15) is 0 Å². The largest absolute Gasteiger partial charge is 0.349 e. The number of hydrogen-bond acceptors (Lipinski definition) is 2. The molecule has 1 heterocycles. The Balaban J connectivity index is 1.46. The molecule has 1 saturated heterocycles. The summed E-state index contributed by atoms with van der Waals surface area (Å²) in [7, 11) is 0. The van der Waals surface area contributed by atoms with Crippen LogP contribution in [0.1, 0.15) is 42.0 Å². The van der Waals surface area contributed by atoms with Gasteiger partial charge in [0.25, 0.3) is 0 Å². The van der Waals surface area contributed by atoms with E-state index in [2.05, 4.69) is 17.4 Å². The normalized spacial score (nSPS) is 21.9. The Hall–Kier alpha value is -2.33. The van der Waals surface area contributed by atoms with E-state index in [1.165, 1.54) is 11.1 Å². The third-order valence-corrected chi connectivity index (χ3v) is 6.06. The highest BCUT2D eigenvalue weighted by molar-refractivity contribution is 6.31. The summed E-state index contributed by atoms with van der Waals surface area (Å²) < 4.78 is 0. The fourth-order valence-corrected chi connectivity index (χ4v) is 4.25. The summed E-state index contributed by atoms with van der Waals surface area (Å²) in [4.78, 5) is 27.0. The topological polar surface area (TPSA) is 49.4 Å². The lowest BCUT2D eigenvalue weighted by molar-refractivity contribution is -0.127. The second-order valence-electron chi connectivity index (χ2n) is 7.49. The Labute approximate surface area is 164 Å². The molecule has 27 heavy (non-hydrogen) atoms. The van der Waals surface area contributed by atoms with Crippen LogP contribution < -0.4 is 10.2 Å². The summed E-state index contributed by atoms with van der Waals surface area (Å²) in [5, 5.41) is 3.82. The van der Waals surface area contributed by atoms with Crippen LogP contribution in [0.25, 0.3) is 0 Å². The Morgan fingerprint density at radius 1 is 1.22 bits per heavy atom. The first-order chi connectivity index (χ1) is 13.0. The number of aryl methyl sites for hydroxylation is 2. The van der Waals surface area contributed by atoms with Gasteiger partial charge in [-0.05, 0) is 55.0 Å². The van der Waals surface area contributed by atoms with Gasteiger partial charge in [0, 0.05) is 23.7 Å². The van der Waals surface area contributed by atoms with Crippen LogP contribution in [0.2, 0.25) is 5.02 Å². The second kappa shape index (κ2) is 7.35. The summed E-state index contributed by atoms with van der Waals surface area (Å²) in [6.45, 7) is 2.33. The molecule has 2 atom stereocenters. The molecule has 0 bridgehead atoms. The number of amides is 2. The molecule has 2 aromatic carbocycles. The Kier molecular flexibility index (Phi) is 4.92. The van der Waals surface area contributed by atoms with E-state index >= 15 is 0 Å². The average molecular weight is 383 g/mol. The SMILES string of the molecule is Cc1ccc(N2C[C@@H](C(=O)N[C@H]3CCCc4ccccc43)CC2=O)cc1Cl. The van der Waals surface area contributed by atoms with Gasteiger partial charge < -0.3 is 10.2 Å². The highest BCUT2D eigenvalue weighted by Crippen LogP contribution is 2.32. The zero-order valence-corrected chi connectivity index (χ0v) is 16.1. The maximum Gasteiger partial charge on any atom is 0.227 e. The van der Waals surface area contributed by atoms with Crippen molar-refractivity contribution >= 4 is 29.1 Å². The zero-order valence-electron chi connectivity index (χ0n) is 15.4. The number of halogens is 1. The van der Waals surface area contributed by atoms with Crippen molar-refractivity contribution in [2.24, 2.45) is 5.92 Å². The monoisotopic (exact) mass is 382 g/mol. The number of nitrogens with zero attached hydrogens (tertiary/aromatic N) is 1. The first-order valence-electron chi connectivity index (χ1n) is 9.47. The van der Waals surface area contributed by atoms with E-state index < -0.39 is 0 Å². The molecule has 2 aromatic rings. The number of anilines is 1. The number of rotatable bonds is 3. The number of nitrogens with one attached hydrogen (secondary N) is 1. The van der Waals surface area contributed by atoms with E-state index in [4.69, 9.17) is 11.6 Å². The van der Waals surface area contributed by atoms with Gasteiger partial charge in [-0.15, -0.1) is 0 Å². The van der Waals surface area contributed by atoms with Gasteiger partial charge in [-0.1, -0.05) is 41.9 Å². The van der Waals surface area contributed by atoms with Crippen LogP contribution >= 0.6 is 11.6 Å². The molecule has 5 heteroatoms. The van der Waals surface area contributed by atoms with E-state index in [9.17, 15) is 9.59 Å². The third kappa shape index (κ3) is 3.59. The third-order valence-electron chi connectivity index (χ3n) is 5.65. The molecule has 1 aliphatic carbocycles. The van der Waals surface area contributed by atoms with Crippen molar-refractivity contribution in [3.8, 4) is 0 Å². The van der Waals surface area contributed by atoms with Crippen molar-refractivity contribution in [2.45, 2.75) is 38.6 Å². The quantitative estimate of drug-likeness (QED) is 0.865. The zero-order chi connectivity index (χ0) is 19.0. The van der Waals surface area contributed by atoms with E-state index in [-0.39, 0.29) is 30.2 Å². The van der Waals surface area contributed by atoms with E-state index in [0.717, 1.165) is 30.5 Å². The lowest BCUT2D eigenvalue weighted by Gasteiger charge is -2.27. The average Bonchev–Trinajstić information content (AvgIpc) is 3.06. The van der Waals surface area contributed by atoms with Crippen molar-refractivity contribution in [1.29, 1.82) is 0 Å². The maximum atomic E-state index is 12.9. The fourth-order valence-electron chi connectivity index (χ4n) is 4.08. The molecule has 0 radical (unpaired) electrons. The Morgan fingerprint density at radius 3 is 2.85 bits per heavy atom. The van der Waals surface area contributed by atoms with Gasteiger partial charge in [0.1, 0.15) is 0 Å². The first kappa shape index (κ1) is 18.1. The summed E-state index contributed by atoms with van der Waals surface area (Å²) in [6, 6.07) is 13.9. The van der Waals surface area contributed by atoms with Crippen molar-refractivity contribution in [3.63, 3.8) is 0 Å². The second-order valence-corrected chi connectivity index (χ2v) is 7.90. The lowest BCUT2D eigenvalue weighted by Crippen LogP contribution is -2.36. The minimum Gasteiger partial charge on any atom is -0.349 e. The number of carbonyl (C=O) groups excluding carboxylic acids is 2. The van der Waals surface area contributed by atoms with Crippen LogP contribution in [0, 0.1) is 12.8 Å². The minimum absolute atomic E-state index is 0.0286. The predicted octanol–water partition coefficient (Wildman–Crippen LogP) is 4.20. The highest BCUT2D eigenvalue weighted by atomic mass is 35.5. The molecule has 1 aliphatic heterocycles. The molecule has 4 rings (SSSR count). The van der Waals surface area contributed by atoms with Gasteiger partial charge >= 0.3 is 0 Å². The summed E-state index contributed by atoms with van der Waals surface area (Å²) in [5.41, 5.74) is 4.25. The van der Waals surface area contributed by atoms with Gasteiger partial charge in [0.15, 0.2) is 0 Å². The predicted molar refractivity (Wildman–Crippen MR) is 107 cm³/mol. The molecule has 140 valence electrons. The van der Waals surface area contributed by atoms with Gasteiger partial charge in [0.2, 0.25) is 11.8 Å². The molecule has 0 aromatic heterocycles. The molecule has 2 amide bonds. The van der Waals surface area contributed by atoms with E-state index in [1.54, 1.807) is 11.0 Å². The molecule has 0 unspecified atom stereocenters. The van der Waals surface area contributed by atoms with Gasteiger partial charge in [0.05, 0.1) is 12.0 Å². The highest BCUT2D eigenvalue weighted by Gasteiger charge is 2.36. The van der Waals surface area contributed by atoms with Crippen LogP contribution in [-0.2, 0) is 16.0 Å². The van der Waals surface area contributed by atoms with E-state index in [0.29, 0.717) is 11.6 Å². The van der Waals surface area contributed by atoms with Crippen LogP contribution in [0.3, 0.4) is 0 Å². The summed E-state index contributed by atoms with van der Waals surface area (Å²) >= 11 is 6.20. The molecule has 0 saturated carbocycles. The van der Waals surface area contributed by atoms with Gasteiger partial charge in [-0.25, -0.2) is 0 Å². The summed E-state index contributed by atoms with van der Waals surface area (Å²) in [5.74, 6) is -0.392. The van der Waals surface area contributed by atoms with Crippen molar-refractivity contribution in [2.75, 3.05) is 11.4 Å². The molecular weight excluding hydrogens is 360 g/mol. The molecular formula is C22H23ClN2O2. The molecule has 0 spiro atoms. The van der Waals surface area contributed by atoms with Crippen LogP contribution in [-0.4, -0.2) is 18.4 Å².